The number of aromatic nitrogens is 1. The summed E-state index contributed by atoms with van der Waals surface area (Å²) in [5, 5.41) is 3.86. The van der Waals surface area contributed by atoms with Crippen LogP contribution in [0.25, 0.3) is 0 Å². The zero-order valence-electron chi connectivity index (χ0n) is 10.7. The highest BCUT2D eigenvalue weighted by Gasteiger charge is 2.28. The van der Waals surface area contributed by atoms with Gasteiger partial charge in [0.25, 0.3) is 10.1 Å². The van der Waals surface area contributed by atoms with Crippen molar-refractivity contribution in [1.82, 2.24) is 4.98 Å². The largest absolute Gasteiger partial charge is 0.291 e. The Morgan fingerprint density at radius 1 is 1.48 bits per heavy atom. The second-order valence-corrected chi connectivity index (χ2v) is 5.49. The lowest BCUT2D eigenvalue weighted by Crippen LogP contribution is -2.18. The highest BCUT2D eigenvalue weighted by molar-refractivity contribution is 7.89. The maximum atomic E-state index is 11.3. The predicted molar refractivity (Wildman–Crippen MR) is 77.8 cm³/mol. The fourth-order valence-electron chi connectivity index (χ4n) is 1.72. The third kappa shape index (κ3) is 3.73. The molecule has 1 heterocycles. The average Bonchev–Trinajstić information content (AvgIpc) is 2.47. The number of carbonyl (C=O) groups excluding carboxylic acids is 1. The van der Waals surface area contributed by atoms with Gasteiger partial charge in [0.1, 0.15) is 5.94 Å². The van der Waals surface area contributed by atoms with Crippen LogP contribution in [-0.2, 0) is 14.9 Å². The molecule has 21 heavy (non-hydrogen) atoms. The lowest BCUT2D eigenvalue weighted by atomic mass is 9.97. The molecule has 2 rings (SSSR count). The van der Waals surface area contributed by atoms with Crippen LogP contribution in [-0.4, -0.2) is 30.1 Å². The first-order valence-corrected chi connectivity index (χ1v) is 7.26. The number of nitrogens with zero attached hydrogens (tertiary/aromatic N) is 2. The molecule has 1 aromatic rings. The van der Waals surface area contributed by atoms with Crippen LogP contribution in [0.3, 0.4) is 0 Å². The topological polar surface area (TPSA) is 109 Å². The summed E-state index contributed by atoms with van der Waals surface area (Å²) in [5.74, 6) is 0.643. The Morgan fingerprint density at radius 3 is 2.90 bits per heavy atom. The van der Waals surface area contributed by atoms with Crippen LogP contribution in [0.2, 0.25) is 0 Å². The van der Waals surface area contributed by atoms with Crippen molar-refractivity contribution in [3.8, 4) is 0 Å². The number of anilines is 1. The highest BCUT2D eigenvalue weighted by Crippen LogP contribution is 2.26. The van der Waals surface area contributed by atoms with Gasteiger partial charge in [-0.25, -0.2) is 4.79 Å². The molecule has 7 nitrogen and oxygen atoms in total. The molecule has 1 aromatic heterocycles. The number of hydrogen-bond acceptors (Lipinski definition) is 6. The molecule has 2 N–H and O–H groups in total. The van der Waals surface area contributed by atoms with Crippen molar-refractivity contribution >= 4 is 28.0 Å². The van der Waals surface area contributed by atoms with Gasteiger partial charge in [0.05, 0.1) is 22.7 Å². The van der Waals surface area contributed by atoms with E-state index in [0.717, 1.165) is 0 Å². The number of hydrazone groups is 1. The Hall–Kier alpha value is -2.54. The van der Waals surface area contributed by atoms with Crippen LogP contribution >= 0.6 is 0 Å². The summed E-state index contributed by atoms with van der Waals surface area (Å²) in [6.45, 7) is 0. The molecule has 0 aromatic carbocycles. The summed E-state index contributed by atoms with van der Waals surface area (Å²) in [5.41, 5.74) is 3.29. The predicted octanol–water partition coefficient (Wildman–Crippen LogP) is 1.20. The van der Waals surface area contributed by atoms with E-state index in [1.54, 1.807) is 24.3 Å². The molecule has 0 radical (unpaired) electrons. The summed E-state index contributed by atoms with van der Waals surface area (Å²) in [6.07, 6.45) is 8.28. The molecule has 0 spiro atoms. The SMILES string of the molecule is O=C=C1C=CC=C(S(=O)(=O)O)C1C=NNc1cccnc1. The van der Waals surface area contributed by atoms with Crippen molar-refractivity contribution in [3.05, 3.63) is 53.2 Å². The number of rotatable bonds is 4. The Balaban J connectivity index is 2.24. The lowest BCUT2D eigenvalue weighted by molar-refractivity contribution is 0.488. The minimum Gasteiger partial charge on any atom is -0.282 e. The van der Waals surface area contributed by atoms with Gasteiger partial charge in [-0.05, 0) is 24.3 Å². The van der Waals surface area contributed by atoms with E-state index < -0.39 is 16.0 Å². The first-order chi connectivity index (χ1) is 10.0. The minimum atomic E-state index is -4.43. The average molecular weight is 305 g/mol. The monoisotopic (exact) mass is 305 g/mol. The Labute approximate surface area is 121 Å². The quantitative estimate of drug-likeness (QED) is 0.374. The summed E-state index contributed by atoms with van der Waals surface area (Å²) in [7, 11) is -4.43. The van der Waals surface area contributed by atoms with E-state index in [1.165, 1.54) is 30.6 Å². The number of allylic oxidation sites excluding steroid dienone is 5. The summed E-state index contributed by atoms with van der Waals surface area (Å²) in [6, 6.07) is 3.41. The molecule has 1 aliphatic carbocycles. The molecule has 0 bridgehead atoms. The molecule has 0 saturated heterocycles. The van der Waals surface area contributed by atoms with Gasteiger partial charge in [-0.2, -0.15) is 13.5 Å². The van der Waals surface area contributed by atoms with E-state index >= 15 is 0 Å². The van der Waals surface area contributed by atoms with E-state index in [4.69, 9.17) is 0 Å². The normalized spacial score (nSPS) is 18.4. The van der Waals surface area contributed by atoms with E-state index in [1.807, 2.05) is 0 Å². The molecule has 1 atom stereocenters. The first kappa shape index (κ1) is 14.9. The maximum Gasteiger partial charge on any atom is 0.291 e. The summed E-state index contributed by atoms with van der Waals surface area (Å²) in [4.78, 5) is 14.4. The third-order valence-corrected chi connectivity index (χ3v) is 3.66. The second kappa shape index (κ2) is 6.27. The summed E-state index contributed by atoms with van der Waals surface area (Å²) >= 11 is 0. The van der Waals surface area contributed by atoms with Crippen molar-refractivity contribution < 1.29 is 17.8 Å². The smallest absolute Gasteiger partial charge is 0.282 e. The van der Waals surface area contributed by atoms with Crippen LogP contribution in [0, 0.1) is 5.92 Å². The van der Waals surface area contributed by atoms with Gasteiger partial charge in [0, 0.05) is 18.0 Å². The standard InChI is InChI=1S/C13H11N3O4S/c17-9-10-3-1-5-13(21(18,19)20)12(10)8-15-16-11-4-2-6-14-7-11/h1-8,12,16H,(H,18,19,20). The highest BCUT2D eigenvalue weighted by atomic mass is 32.2. The fraction of sp³-hybridized carbons (Fsp3) is 0.0769. The Morgan fingerprint density at radius 2 is 2.29 bits per heavy atom. The van der Waals surface area contributed by atoms with Gasteiger partial charge >= 0.3 is 0 Å². The Kier molecular flexibility index (Phi) is 4.44. The molecular formula is C13H11N3O4S. The lowest BCUT2D eigenvalue weighted by Gasteiger charge is -2.15. The van der Waals surface area contributed by atoms with E-state index in [9.17, 15) is 17.8 Å². The van der Waals surface area contributed by atoms with Gasteiger partial charge < -0.3 is 0 Å². The molecule has 0 saturated carbocycles. The van der Waals surface area contributed by atoms with E-state index in [-0.39, 0.29) is 10.5 Å². The van der Waals surface area contributed by atoms with E-state index in [2.05, 4.69) is 15.5 Å². The maximum absolute atomic E-state index is 11.3. The molecule has 0 amide bonds. The van der Waals surface area contributed by atoms with Crippen LogP contribution in [0.5, 0.6) is 0 Å². The third-order valence-electron chi connectivity index (χ3n) is 2.67. The van der Waals surface area contributed by atoms with Gasteiger partial charge in [0.15, 0.2) is 0 Å². The number of pyridine rings is 1. The van der Waals surface area contributed by atoms with Crippen LogP contribution < -0.4 is 5.43 Å². The minimum absolute atomic E-state index is 0.0573. The van der Waals surface area contributed by atoms with Crippen molar-refractivity contribution in [1.29, 1.82) is 0 Å². The molecule has 0 aliphatic heterocycles. The molecule has 0 fully saturated rings. The van der Waals surface area contributed by atoms with Gasteiger partial charge in [-0.15, -0.1) is 0 Å². The molecular weight excluding hydrogens is 294 g/mol. The van der Waals surface area contributed by atoms with Gasteiger partial charge in [0.2, 0.25) is 0 Å². The zero-order chi connectivity index (χ0) is 15.3. The zero-order valence-corrected chi connectivity index (χ0v) is 11.5. The first-order valence-electron chi connectivity index (χ1n) is 5.82. The van der Waals surface area contributed by atoms with Crippen LogP contribution in [0.15, 0.2) is 58.3 Å². The summed E-state index contributed by atoms with van der Waals surface area (Å²) < 4.78 is 31.8. The Bertz CT molecular complexity index is 760. The van der Waals surface area contributed by atoms with Gasteiger partial charge in [-0.1, -0.05) is 6.08 Å². The number of nitrogens with one attached hydrogen (secondary N) is 1. The second-order valence-electron chi connectivity index (χ2n) is 4.07. The van der Waals surface area contributed by atoms with Crippen LogP contribution in [0.1, 0.15) is 0 Å². The van der Waals surface area contributed by atoms with Crippen molar-refractivity contribution in [2.24, 2.45) is 11.0 Å². The molecule has 8 heteroatoms. The van der Waals surface area contributed by atoms with Crippen molar-refractivity contribution in [2.75, 3.05) is 5.43 Å². The van der Waals surface area contributed by atoms with Gasteiger partial charge in [-0.3, -0.25) is 15.0 Å². The van der Waals surface area contributed by atoms with Crippen LogP contribution in [0.4, 0.5) is 5.69 Å². The van der Waals surface area contributed by atoms with Crippen molar-refractivity contribution in [2.45, 2.75) is 0 Å². The van der Waals surface area contributed by atoms with E-state index in [0.29, 0.717) is 5.69 Å². The van der Waals surface area contributed by atoms with Crippen molar-refractivity contribution in [3.63, 3.8) is 0 Å². The fourth-order valence-corrected chi connectivity index (χ4v) is 2.48. The molecule has 1 aliphatic rings. The molecule has 1 unspecified atom stereocenters. The number of hydrogen-bond donors (Lipinski definition) is 2. The molecule has 108 valence electrons.